The number of carbonyl (C=O) groups excluding carboxylic acids is 3. The van der Waals surface area contributed by atoms with Crippen LogP contribution in [-0.2, 0) is 19.1 Å². The van der Waals surface area contributed by atoms with Crippen molar-refractivity contribution in [3.8, 4) is 5.75 Å². The van der Waals surface area contributed by atoms with Crippen molar-refractivity contribution in [2.24, 2.45) is 5.92 Å². The van der Waals surface area contributed by atoms with Crippen molar-refractivity contribution in [1.82, 2.24) is 15.1 Å². The smallest absolute Gasteiger partial charge is 0.408 e. The Bertz CT molecular complexity index is 851. The first-order chi connectivity index (χ1) is 16.1. The number of carbonyl (C=O) groups is 3. The lowest BCUT2D eigenvalue weighted by molar-refractivity contribution is -0.141. The first-order valence-electron chi connectivity index (χ1n) is 11.6. The summed E-state index contributed by atoms with van der Waals surface area (Å²) in [5.41, 5.74) is -0.643. The van der Waals surface area contributed by atoms with E-state index in [1.807, 2.05) is 0 Å². The molecule has 10 heteroatoms. The van der Waals surface area contributed by atoms with Crippen LogP contribution in [0, 0.1) is 5.92 Å². The van der Waals surface area contributed by atoms with Gasteiger partial charge in [0, 0.05) is 50.0 Å². The SMILES string of the molecule is CC(C)(C)OC(=O)NCC(=O)N1CC[C@H](Oc2ccc(Cl)cc2)[C@@H](CC(=O)N2CCOCC2)C1. The molecule has 0 unspecified atom stereocenters. The van der Waals surface area contributed by atoms with E-state index in [-0.39, 0.29) is 36.8 Å². The number of rotatable bonds is 6. The molecule has 0 bridgehead atoms. The molecule has 2 fully saturated rings. The van der Waals surface area contributed by atoms with E-state index >= 15 is 0 Å². The summed E-state index contributed by atoms with van der Waals surface area (Å²) in [6, 6.07) is 7.11. The number of benzene rings is 1. The zero-order valence-corrected chi connectivity index (χ0v) is 20.8. The van der Waals surface area contributed by atoms with Crippen LogP contribution in [0.15, 0.2) is 24.3 Å². The van der Waals surface area contributed by atoms with Crippen molar-refractivity contribution >= 4 is 29.5 Å². The van der Waals surface area contributed by atoms with Gasteiger partial charge in [-0.1, -0.05) is 11.6 Å². The van der Waals surface area contributed by atoms with E-state index < -0.39 is 11.7 Å². The first-order valence-corrected chi connectivity index (χ1v) is 12.0. The molecule has 1 aromatic rings. The third kappa shape index (κ3) is 8.06. The Kier molecular flexibility index (Phi) is 9.02. The Hall–Kier alpha value is -2.52. The van der Waals surface area contributed by atoms with E-state index in [2.05, 4.69) is 5.32 Å². The molecule has 0 spiro atoms. The third-order valence-corrected chi connectivity index (χ3v) is 5.95. The summed E-state index contributed by atoms with van der Waals surface area (Å²) in [6.07, 6.45) is -0.0291. The Balaban J connectivity index is 1.62. The Morgan fingerprint density at radius 1 is 1.06 bits per heavy atom. The number of ether oxygens (including phenoxy) is 3. The Morgan fingerprint density at radius 3 is 2.38 bits per heavy atom. The molecule has 1 N–H and O–H groups in total. The number of alkyl carbamates (subject to hydrolysis) is 1. The molecular weight excluding hydrogens is 462 g/mol. The molecule has 2 saturated heterocycles. The zero-order chi connectivity index (χ0) is 24.7. The van der Waals surface area contributed by atoms with E-state index in [9.17, 15) is 14.4 Å². The van der Waals surface area contributed by atoms with Gasteiger partial charge in [0.2, 0.25) is 11.8 Å². The van der Waals surface area contributed by atoms with E-state index in [0.717, 1.165) is 0 Å². The highest BCUT2D eigenvalue weighted by Crippen LogP contribution is 2.27. The molecule has 0 radical (unpaired) electrons. The summed E-state index contributed by atoms with van der Waals surface area (Å²) in [7, 11) is 0. The minimum atomic E-state index is -0.643. The van der Waals surface area contributed by atoms with Crippen LogP contribution in [0.2, 0.25) is 5.02 Å². The summed E-state index contributed by atoms with van der Waals surface area (Å²) >= 11 is 5.98. The number of likely N-dealkylation sites (tertiary alicyclic amines) is 1. The molecule has 2 heterocycles. The second-order valence-corrected chi connectivity index (χ2v) is 9.99. The zero-order valence-electron chi connectivity index (χ0n) is 20.0. The lowest BCUT2D eigenvalue weighted by Crippen LogP contribution is -2.52. The average Bonchev–Trinajstić information content (AvgIpc) is 2.79. The van der Waals surface area contributed by atoms with E-state index in [0.29, 0.717) is 56.6 Å². The Morgan fingerprint density at radius 2 is 1.74 bits per heavy atom. The Labute approximate surface area is 205 Å². The molecule has 1 aromatic carbocycles. The van der Waals surface area contributed by atoms with Crippen molar-refractivity contribution in [2.45, 2.75) is 45.3 Å². The molecule has 3 rings (SSSR count). The van der Waals surface area contributed by atoms with Crippen molar-refractivity contribution in [3.05, 3.63) is 29.3 Å². The molecule has 2 aliphatic heterocycles. The number of hydrogen-bond donors (Lipinski definition) is 1. The molecule has 3 amide bonds. The van der Waals surface area contributed by atoms with Gasteiger partial charge in [-0.05, 0) is 45.0 Å². The molecular formula is C24H34ClN3O6. The van der Waals surface area contributed by atoms with Crippen LogP contribution < -0.4 is 10.1 Å². The van der Waals surface area contributed by atoms with Gasteiger partial charge in [-0.25, -0.2) is 4.79 Å². The number of nitrogens with one attached hydrogen (secondary N) is 1. The average molecular weight is 496 g/mol. The van der Waals surface area contributed by atoms with E-state index in [4.69, 9.17) is 25.8 Å². The minimum absolute atomic E-state index is 0.0270. The maximum absolute atomic E-state index is 13.0. The fraction of sp³-hybridized carbons (Fsp3) is 0.625. The molecule has 2 atom stereocenters. The van der Waals surface area contributed by atoms with Crippen LogP contribution in [0.1, 0.15) is 33.6 Å². The fourth-order valence-electron chi connectivity index (χ4n) is 4.02. The molecule has 0 saturated carbocycles. The highest BCUT2D eigenvalue weighted by Gasteiger charge is 2.35. The normalized spacial score (nSPS) is 21.1. The molecule has 0 aromatic heterocycles. The predicted molar refractivity (Wildman–Crippen MR) is 127 cm³/mol. The van der Waals surface area contributed by atoms with Gasteiger partial charge in [-0.3, -0.25) is 9.59 Å². The number of morpholine rings is 1. The number of nitrogens with zero attached hydrogens (tertiary/aromatic N) is 2. The van der Waals surface area contributed by atoms with Gasteiger partial charge in [-0.15, -0.1) is 0 Å². The van der Waals surface area contributed by atoms with Crippen LogP contribution in [-0.4, -0.2) is 85.3 Å². The summed E-state index contributed by atoms with van der Waals surface area (Å²) in [4.78, 5) is 41.1. The van der Waals surface area contributed by atoms with Crippen molar-refractivity contribution in [1.29, 1.82) is 0 Å². The van der Waals surface area contributed by atoms with Gasteiger partial charge in [-0.2, -0.15) is 0 Å². The molecule has 9 nitrogen and oxygen atoms in total. The summed E-state index contributed by atoms with van der Waals surface area (Å²) < 4.78 is 16.8. The lowest BCUT2D eigenvalue weighted by Gasteiger charge is -2.39. The van der Waals surface area contributed by atoms with Gasteiger partial charge in [0.15, 0.2) is 0 Å². The van der Waals surface area contributed by atoms with E-state index in [1.54, 1.807) is 54.8 Å². The van der Waals surface area contributed by atoms with E-state index in [1.165, 1.54) is 0 Å². The van der Waals surface area contributed by atoms with Crippen LogP contribution in [0.5, 0.6) is 5.75 Å². The van der Waals surface area contributed by atoms with Crippen molar-refractivity contribution < 1.29 is 28.6 Å². The molecule has 34 heavy (non-hydrogen) atoms. The van der Waals surface area contributed by atoms with Gasteiger partial charge in [0.05, 0.1) is 13.2 Å². The maximum Gasteiger partial charge on any atom is 0.408 e. The third-order valence-electron chi connectivity index (χ3n) is 5.70. The lowest BCUT2D eigenvalue weighted by atomic mass is 9.90. The number of amides is 3. The number of piperidine rings is 1. The second kappa shape index (κ2) is 11.8. The van der Waals surface area contributed by atoms with Gasteiger partial charge >= 0.3 is 6.09 Å². The molecule has 188 valence electrons. The van der Waals surface area contributed by atoms with Gasteiger partial charge in [0.25, 0.3) is 0 Å². The van der Waals surface area contributed by atoms with Gasteiger partial charge < -0.3 is 29.3 Å². The topological polar surface area (TPSA) is 97.4 Å². The van der Waals surface area contributed by atoms with Crippen LogP contribution in [0.3, 0.4) is 0 Å². The standard InChI is InChI=1S/C24H34ClN3O6/c1-24(2,3)34-23(31)26-15-22(30)28-9-8-20(33-19-6-4-18(25)5-7-19)17(16-28)14-21(29)27-10-12-32-13-11-27/h4-7,17,20H,8-16H2,1-3H3,(H,26,31)/t17-,20-/m0/s1. The number of hydrogen-bond acceptors (Lipinski definition) is 6. The second-order valence-electron chi connectivity index (χ2n) is 9.55. The maximum atomic E-state index is 13.0. The van der Waals surface area contributed by atoms with Gasteiger partial charge in [0.1, 0.15) is 24.0 Å². The minimum Gasteiger partial charge on any atom is -0.490 e. The monoisotopic (exact) mass is 495 g/mol. The fourth-order valence-corrected chi connectivity index (χ4v) is 4.14. The first kappa shape index (κ1) is 26.1. The largest absolute Gasteiger partial charge is 0.490 e. The summed E-state index contributed by atoms with van der Waals surface area (Å²) in [5.74, 6) is 0.286. The highest BCUT2D eigenvalue weighted by atomic mass is 35.5. The van der Waals surface area contributed by atoms with Crippen LogP contribution in [0.4, 0.5) is 4.79 Å². The molecule has 0 aliphatic carbocycles. The predicted octanol–water partition coefficient (Wildman–Crippen LogP) is 2.71. The summed E-state index contributed by atoms with van der Waals surface area (Å²) in [5, 5.41) is 3.13. The quantitative estimate of drug-likeness (QED) is 0.651. The van der Waals surface area contributed by atoms with Crippen LogP contribution >= 0.6 is 11.6 Å². The van der Waals surface area contributed by atoms with Crippen molar-refractivity contribution in [3.63, 3.8) is 0 Å². The number of halogens is 1. The summed E-state index contributed by atoms with van der Waals surface area (Å²) in [6.45, 7) is 8.14. The highest BCUT2D eigenvalue weighted by molar-refractivity contribution is 6.30. The van der Waals surface area contributed by atoms with Crippen molar-refractivity contribution in [2.75, 3.05) is 45.9 Å². The molecule has 2 aliphatic rings. The van der Waals surface area contributed by atoms with Crippen LogP contribution in [0.25, 0.3) is 0 Å².